The van der Waals surface area contributed by atoms with E-state index in [0.717, 1.165) is 75.9 Å². The standard InChI is InChI=1S/C20H26F3N3O3/c1-24(16-6-2-3-7-17(16)25-12-4-5-13-25)19(27)18(26(28)29)14-8-10-15(11-9-14)20(21,22)23/h8-11,16-18H,2-7,12-13H2,1H3/t16-,17-,18-/m0/s1. The third-order valence-corrected chi connectivity index (χ3v) is 6.15. The Bertz CT molecular complexity index is 733. The fourth-order valence-corrected chi connectivity index (χ4v) is 4.61. The molecule has 1 aliphatic heterocycles. The van der Waals surface area contributed by atoms with Gasteiger partial charge in [-0.05, 0) is 50.9 Å². The molecule has 1 heterocycles. The monoisotopic (exact) mass is 413 g/mol. The Hall–Kier alpha value is -2.16. The summed E-state index contributed by atoms with van der Waals surface area (Å²) >= 11 is 0. The zero-order chi connectivity index (χ0) is 21.2. The van der Waals surface area contributed by atoms with Crippen LogP contribution in [0.1, 0.15) is 55.7 Å². The maximum absolute atomic E-state index is 13.1. The van der Waals surface area contributed by atoms with E-state index in [9.17, 15) is 28.1 Å². The Morgan fingerprint density at radius 3 is 2.28 bits per heavy atom. The van der Waals surface area contributed by atoms with Crippen molar-refractivity contribution in [2.45, 2.75) is 62.8 Å². The summed E-state index contributed by atoms with van der Waals surface area (Å²) in [6, 6.07) is 1.98. The highest BCUT2D eigenvalue weighted by atomic mass is 19.4. The first-order chi connectivity index (χ1) is 13.7. The number of halogens is 3. The SMILES string of the molecule is CN(C(=O)[C@H](c1ccc(C(F)(F)F)cc1)[N+](=O)[O-])[C@H]1CCCC[C@@H]1N1CCCC1. The molecule has 1 saturated carbocycles. The van der Waals surface area contributed by atoms with E-state index in [1.165, 1.54) is 4.90 Å². The average molecular weight is 413 g/mol. The molecule has 0 radical (unpaired) electrons. The van der Waals surface area contributed by atoms with E-state index in [0.29, 0.717) is 0 Å². The number of benzene rings is 1. The molecule has 3 rings (SSSR count). The van der Waals surface area contributed by atoms with Crippen LogP contribution in [0.4, 0.5) is 13.2 Å². The molecule has 29 heavy (non-hydrogen) atoms. The van der Waals surface area contributed by atoms with Crippen molar-refractivity contribution in [3.8, 4) is 0 Å². The lowest BCUT2D eigenvalue weighted by Gasteiger charge is -2.42. The summed E-state index contributed by atoms with van der Waals surface area (Å²) in [4.78, 5) is 27.9. The summed E-state index contributed by atoms with van der Waals surface area (Å²) < 4.78 is 38.4. The third-order valence-electron chi connectivity index (χ3n) is 6.15. The van der Waals surface area contributed by atoms with Crippen molar-refractivity contribution < 1.29 is 22.9 Å². The summed E-state index contributed by atoms with van der Waals surface area (Å²) in [7, 11) is 1.59. The van der Waals surface area contributed by atoms with Gasteiger partial charge in [-0.1, -0.05) is 25.0 Å². The van der Waals surface area contributed by atoms with Gasteiger partial charge >= 0.3 is 18.1 Å². The Balaban J connectivity index is 1.81. The van der Waals surface area contributed by atoms with E-state index >= 15 is 0 Å². The average Bonchev–Trinajstić information content (AvgIpc) is 3.21. The molecule has 2 fully saturated rings. The van der Waals surface area contributed by atoms with Gasteiger partial charge in [0.1, 0.15) is 0 Å². The molecule has 2 aliphatic rings. The maximum atomic E-state index is 13.1. The Morgan fingerprint density at radius 1 is 1.14 bits per heavy atom. The van der Waals surface area contributed by atoms with Gasteiger partial charge in [-0.25, -0.2) is 0 Å². The molecular formula is C20H26F3N3O3. The van der Waals surface area contributed by atoms with Crippen LogP contribution in [0.3, 0.4) is 0 Å². The first-order valence-corrected chi connectivity index (χ1v) is 10.0. The molecule has 1 saturated heterocycles. The predicted molar refractivity (Wildman–Crippen MR) is 101 cm³/mol. The van der Waals surface area contributed by atoms with Crippen LogP contribution in [0.5, 0.6) is 0 Å². The number of likely N-dealkylation sites (N-methyl/N-ethyl adjacent to an activating group) is 1. The topological polar surface area (TPSA) is 66.7 Å². The first kappa shape index (κ1) is 21.5. The first-order valence-electron chi connectivity index (χ1n) is 10.0. The number of amides is 1. The van der Waals surface area contributed by atoms with Crippen molar-refractivity contribution in [3.63, 3.8) is 0 Å². The number of nitrogens with zero attached hydrogens (tertiary/aromatic N) is 3. The normalized spacial score (nSPS) is 24.3. The van der Waals surface area contributed by atoms with E-state index in [2.05, 4.69) is 4.90 Å². The highest BCUT2D eigenvalue weighted by Gasteiger charge is 2.42. The molecule has 0 N–H and O–H groups in total. The summed E-state index contributed by atoms with van der Waals surface area (Å²) in [6.45, 7) is 1.95. The lowest BCUT2D eigenvalue weighted by atomic mass is 9.87. The maximum Gasteiger partial charge on any atom is 0.416 e. The molecule has 6 nitrogen and oxygen atoms in total. The van der Waals surface area contributed by atoms with E-state index in [-0.39, 0.29) is 17.6 Å². The molecule has 0 aromatic heterocycles. The number of hydrogen-bond acceptors (Lipinski definition) is 4. The number of alkyl halides is 3. The van der Waals surface area contributed by atoms with Crippen LogP contribution in [-0.4, -0.2) is 52.9 Å². The summed E-state index contributed by atoms with van der Waals surface area (Å²) in [5.41, 5.74) is -0.932. The molecule has 3 atom stereocenters. The Kier molecular flexibility index (Phi) is 6.45. The van der Waals surface area contributed by atoms with Crippen LogP contribution in [0, 0.1) is 10.1 Å². The van der Waals surface area contributed by atoms with E-state index in [4.69, 9.17) is 0 Å². The van der Waals surface area contributed by atoms with E-state index in [1.54, 1.807) is 7.05 Å². The second kappa shape index (κ2) is 8.69. The van der Waals surface area contributed by atoms with Crippen molar-refractivity contribution in [2.24, 2.45) is 0 Å². The second-order valence-electron chi connectivity index (χ2n) is 7.92. The van der Waals surface area contributed by atoms with Crippen LogP contribution in [0.15, 0.2) is 24.3 Å². The lowest BCUT2D eigenvalue weighted by Crippen LogP contribution is -2.54. The molecule has 0 spiro atoms. The largest absolute Gasteiger partial charge is 0.416 e. The zero-order valence-electron chi connectivity index (χ0n) is 16.4. The Morgan fingerprint density at radius 2 is 1.72 bits per heavy atom. The van der Waals surface area contributed by atoms with Gasteiger partial charge in [0.15, 0.2) is 0 Å². The van der Waals surface area contributed by atoms with Crippen LogP contribution in [0.2, 0.25) is 0 Å². The van der Waals surface area contributed by atoms with Crippen molar-refractivity contribution in [1.82, 2.24) is 9.80 Å². The van der Waals surface area contributed by atoms with Crippen LogP contribution in [-0.2, 0) is 11.0 Å². The van der Waals surface area contributed by atoms with E-state index in [1.807, 2.05) is 0 Å². The van der Waals surface area contributed by atoms with Crippen molar-refractivity contribution in [2.75, 3.05) is 20.1 Å². The third kappa shape index (κ3) is 4.71. The molecule has 1 aromatic rings. The van der Waals surface area contributed by atoms with Crippen LogP contribution < -0.4 is 0 Å². The summed E-state index contributed by atoms with van der Waals surface area (Å²) in [6.07, 6.45) is 1.45. The summed E-state index contributed by atoms with van der Waals surface area (Å²) in [5.74, 6) is -0.675. The zero-order valence-corrected chi connectivity index (χ0v) is 16.4. The van der Waals surface area contributed by atoms with Crippen molar-refractivity contribution >= 4 is 5.91 Å². The predicted octanol–water partition coefficient (Wildman–Crippen LogP) is 3.89. The minimum Gasteiger partial charge on any atom is -0.335 e. The Labute approximate surface area is 167 Å². The number of likely N-dealkylation sites (tertiary alicyclic amines) is 1. The number of rotatable bonds is 5. The fourth-order valence-electron chi connectivity index (χ4n) is 4.61. The minimum absolute atomic E-state index is 0.0339. The van der Waals surface area contributed by atoms with E-state index < -0.39 is 28.6 Å². The molecular weight excluding hydrogens is 387 g/mol. The molecule has 160 valence electrons. The number of carbonyl (C=O) groups is 1. The number of nitro groups is 1. The van der Waals surface area contributed by atoms with Crippen molar-refractivity contribution in [1.29, 1.82) is 0 Å². The molecule has 0 unspecified atom stereocenters. The molecule has 1 aromatic carbocycles. The van der Waals surface area contributed by atoms with Gasteiger partial charge in [0.2, 0.25) is 0 Å². The lowest BCUT2D eigenvalue weighted by molar-refractivity contribution is -0.515. The van der Waals surface area contributed by atoms with Gasteiger partial charge in [-0.15, -0.1) is 0 Å². The van der Waals surface area contributed by atoms with Gasteiger partial charge in [-0.2, -0.15) is 13.2 Å². The van der Waals surface area contributed by atoms with Gasteiger partial charge in [0, 0.05) is 29.6 Å². The van der Waals surface area contributed by atoms with Gasteiger partial charge < -0.3 is 4.90 Å². The quantitative estimate of drug-likeness (QED) is 0.543. The smallest absolute Gasteiger partial charge is 0.335 e. The number of hydrogen-bond donors (Lipinski definition) is 0. The second-order valence-corrected chi connectivity index (χ2v) is 7.92. The molecule has 1 aliphatic carbocycles. The molecule has 9 heteroatoms. The number of carbonyl (C=O) groups excluding carboxylic acids is 1. The van der Waals surface area contributed by atoms with Gasteiger partial charge in [-0.3, -0.25) is 19.8 Å². The van der Waals surface area contributed by atoms with Crippen LogP contribution in [0.25, 0.3) is 0 Å². The minimum atomic E-state index is -4.53. The highest BCUT2D eigenvalue weighted by molar-refractivity contribution is 5.82. The van der Waals surface area contributed by atoms with Gasteiger partial charge in [0.25, 0.3) is 0 Å². The van der Waals surface area contributed by atoms with Crippen molar-refractivity contribution in [3.05, 3.63) is 45.5 Å². The molecule has 0 bridgehead atoms. The van der Waals surface area contributed by atoms with Gasteiger partial charge in [0.05, 0.1) is 5.56 Å². The fraction of sp³-hybridized carbons (Fsp3) is 0.650. The molecule has 1 amide bonds. The van der Waals surface area contributed by atoms with Crippen LogP contribution >= 0.6 is 0 Å². The summed E-state index contributed by atoms with van der Waals surface area (Å²) in [5, 5.41) is 11.7. The highest BCUT2D eigenvalue weighted by Crippen LogP contribution is 2.33.